The van der Waals surface area contributed by atoms with Gasteiger partial charge in [0, 0.05) is 47.4 Å². The van der Waals surface area contributed by atoms with E-state index in [2.05, 4.69) is 191 Å². The van der Waals surface area contributed by atoms with E-state index in [1.165, 1.54) is 91.7 Å². The molecule has 0 fully saturated rings. The Morgan fingerprint density at radius 3 is 1.53 bits per heavy atom. The monoisotopic (exact) mass is 666 g/mol. The zero-order valence-electron chi connectivity index (χ0n) is 27.6. The lowest BCUT2D eigenvalue weighted by Crippen LogP contribution is -1.94. The molecule has 3 heteroatoms. The van der Waals surface area contributed by atoms with E-state index in [1.807, 2.05) is 11.3 Å². The molecule has 0 amide bonds. The van der Waals surface area contributed by atoms with Crippen molar-refractivity contribution in [2.75, 3.05) is 0 Å². The number of thiophene rings is 1. The molecule has 0 unspecified atom stereocenters. The Hall–Kier alpha value is -6.42. The molecule has 0 atom stereocenters. The molecule has 238 valence electrons. The van der Waals surface area contributed by atoms with E-state index in [0.29, 0.717) is 0 Å². The van der Waals surface area contributed by atoms with E-state index in [4.69, 9.17) is 0 Å². The zero-order valence-corrected chi connectivity index (χ0v) is 28.4. The largest absolute Gasteiger partial charge is 0.309 e. The second-order valence-electron chi connectivity index (χ2n) is 13.3. The van der Waals surface area contributed by atoms with Gasteiger partial charge in [0.15, 0.2) is 0 Å². The van der Waals surface area contributed by atoms with Crippen LogP contribution in [0.25, 0.3) is 97.4 Å². The molecule has 0 aliphatic heterocycles. The lowest BCUT2D eigenvalue weighted by molar-refractivity contribution is 1.18. The predicted octanol–water partition coefficient (Wildman–Crippen LogP) is 13.6. The summed E-state index contributed by atoms with van der Waals surface area (Å²) in [5, 5.41) is 7.68. The molecule has 0 spiro atoms. The first-order chi connectivity index (χ1) is 25.3. The van der Waals surface area contributed by atoms with Gasteiger partial charge in [-0.05, 0) is 89.0 Å². The third-order valence-corrected chi connectivity index (χ3v) is 11.7. The van der Waals surface area contributed by atoms with Gasteiger partial charge < -0.3 is 9.13 Å². The maximum absolute atomic E-state index is 2.47. The summed E-state index contributed by atoms with van der Waals surface area (Å²) in [6.07, 6.45) is 0. The van der Waals surface area contributed by atoms with Gasteiger partial charge in [0.05, 0.1) is 27.8 Å². The summed E-state index contributed by atoms with van der Waals surface area (Å²) in [4.78, 5) is 0. The average Bonchev–Trinajstić information content (AvgIpc) is 3.86. The molecule has 3 aromatic heterocycles. The minimum Gasteiger partial charge on any atom is -0.309 e. The van der Waals surface area contributed by atoms with Crippen molar-refractivity contribution in [2.45, 2.75) is 0 Å². The van der Waals surface area contributed by atoms with Crippen LogP contribution in [-0.4, -0.2) is 9.13 Å². The fraction of sp³-hybridized carbons (Fsp3) is 0. The first-order valence-electron chi connectivity index (χ1n) is 17.4. The van der Waals surface area contributed by atoms with Crippen LogP contribution in [0.5, 0.6) is 0 Å². The molecule has 51 heavy (non-hydrogen) atoms. The quantitative estimate of drug-likeness (QED) is 0.177. The van der Waals surface area contributed by atoms with Gasteiger partial charge in [-0.3, -0.25) is 0 Å². The van der Waals surface area contributed by atoms with Crippen molar-refractivity contribution in [3.8, 4) is 33.6 Å². The first kappa shape index (κ1) is 28.4. The number of hydrogen-bond acceptors (Lipinski definition) is 1. The standard InChI is InChI=1S/C48H30N2S/c1-2-11-31(12-3-1)32-21-25-35(26-22-32)49-41-16-7-4-13-36(41)39-29-33(23-27-43(39)49)34-24-28-44-40(30-34)37-14-5-8-17-42(37)50(44)45-18-10-20-47-48(45)38-15-6-9-19-46(38)51-47/h1-30H. The van der Waals surface area contributed by atoms with Gasteiger partial charge in [0.2, 0.25) is 0 Å². The van der Waals surface area contributed by atoms with Crippen molar-refractivity contribution in [1.82, 2.24) is 9.13 Å². The molecule has 2 nitrogen and oxygen atoms in total. The van der Waals surface area contributed by atoms with Crippen molar-refractivity contribution in [2.24, 2.45) is 0 Å². The number of benzene rings is 8. The van der Waals surface area contributed by atoms with E-state index >= 15 is 0 Å². The number of hydrogen-bond donors (Lipinski definition) is 0. The molecule has 0 aliphatic carbocycles. The molecule has 8 aromatic carbocycles. The van der Waals surface area contributed by atoms with Crippen molar-refractivity contribution >= 4 is 75.1 Å². The highest BCUT2D eigenvalue weighted by atomic mass is 32.1. The maximum Gasteiger partial charge on any atom is 0.0555 e. The molecule has 0 bridgehead atoms. The Kier molecular flexibility index (Phi) is 6.16. The lowest BCUT2D eigenvalue weighted by atomic mass is 10.0. The Labute approximate surface area is 298 Å². The fourth-order valence-corrected chi connectivity index (χ4v) is 9.35. The second kappa shape index (κ2) is 11.0. The molecule has 0 saturated heterocycles. The van der Waals surface area contributed by atoms with Crippen molar-refractivity contribution < 1.29 is 0 Å². The minimum absolute atomic E-state index is 1.16. The third kappa shape index (κ3) is 4.29. The van der Waals surface area contributed by atoms with Crippen LogP contribution in [0.3, 0.4) is 0 Å². The van der Waals surface area contributed by atoms with Crippen molar-refractivity contribution in [3.05, 3.63) is 182 Å². The Morgan fingerprint density at radius 1 is 0.314 bits per heavy atom. The van der Waals surface area contributed by atoms with Crippen LogP contribution in [0.2, 0.25) is 0 Å². The highest BCUT2D eigenvalue weighted by Gasteiger charge is 2.18. The van der Waals surface area contributed by atoms with Crippen LogP contribution >= 0.6 is 11.3 Å². The van der Waals surface area contributed by atoms with Gasteiger partial charge in [0.1, 0.15) is 0 Å². The highest BCUT2D eigenvalue weighted by molar-refractivity contribution is 7.25. The molecular formula is C48H30N2S. The SMILES string of the molecule is c1ccc(-c2ccc(-n3c4ccccc4c4cc(-c5ccc6c(c5)c5ccccc5n6-c5cccc6sc7ccccc7c56)ccc43)cc2)cc1. The van der Waals surface area contributed by atoms with E-state index < -0.39 is 0 Å². The summed E-state index contributed by atoms with van der Waals surface area (Å²) in [7, 11) is 0. The molecule has 0 N–H and O–H groups in total. The Balaban J connectivity index is 1.08. The molecule has 0 saturated carbocycles. The third-order valence-electron chi connectivity index (χ3n) is 10.5. The van der Waals surface area contributed by atoms with Gasteiger partial charge in [0.25, 0.3) is 0 Å². The van der Waals surface area contributed by atoms with Crippen LogP contribution < -0.4 is 0 Å². The van der Waals surface area contributed by atoms with E-state index in [1.54, 1.807) is 0 Å². The van der Waals surface area contributed by atoms with Gasteiger partial charge in [-0.15, -0.1) is 11.3 Å². The molecule has 11 rings (SSSR count). The van der Waals surface area contributed by atoms with Crippen molar-refractivity contribution in [1.29, 1.82) is 0 Å². The normalized spacial score (nSPS) is 11.9. The summed E-state index contributed by atoms with van der Waals surface area (Å²) < 4.78 is 7.50. The van der Waals surface area contributed by atoms with Crippen LogP contribution in [0, 0.1) is 0 Å². The van der Waals surface area contributed by atoms with E-state index in [9.17, 15) is 0 Å². The Morgan fingerprint density at radius 2 is 0.824 bits per heavy atom. The molecule has 0 aliphatic rings. The van der Waals surface area contributed by atoms with Gasteiger partial charge in [-0.2, -0.15) is 0 Å². The zero-order chi connectivity index (χ0) is 33.5. The second-order valence-corrected chi connectivity index (χ2v) is 14.4. The maximum atomic E-state index is 2.47. The molecular weight excluding hydrogens is 637 g/mol. The average molecular weight is 667 g/mol. The number of aromatic nitrogens is 2. The first-order valence-corrected chi connectivity index (χ1v) is 18.3. The smallest absolute Gasteiger partial charge is 0.0555 e. The van der Waals surface area contributed by atoms with E-state index in [0.717, 1.165) is 5.69 Å². The van der Waals surface area contributed by atoms with Crippen LogP contribution in [0.15, 0.2) is 182 Å². The summed E-state index contributed by atoms with van der Waals surface area (Å²) >= 11 is 1.87. The van der Waals surface area contributed by atoms with Crippen LogP contribution in [-0.2, 0) is 0 Å². The lowest BCUT2D eigenvalue weighted by Gasteiger charge is -2.11. The summed E-state index contributed by atoms with van der Waals surface area (Å²) in [6.45, 7) is 0. The highest BCUT2D eigenvalue weighted by Crippen LogP contribution is 2.42. The number of para-hydroxylation sites is 2. The van der Waals surface area contributed by atoms with Crippen LogP contribution in [0.1, 0.15) is 0 Å². The Bertz CT molecular complexity index is 3120. The van der Waals surface area contributed by atoms with Gasteiger partial charge >= 0.3 is 0 Å². The summed E-state index contributed by atoms with van der Waals surface area (Å²) in [5.74, 6) is 0. The molecule has 3 heterocycles. The van der Waals surface area contributed by atoms with E-state index in [-0.39, 0.29) is 0 Å². The molecule has 11 aromatic rings. The topological polar surface area (TPSA) is 9.86 Å². The summed E-state index contributed by atoms with van der Waals surface area (Å²) in [5.41, 5.74) is 12.2. The summed E-state index contributed by atoms with van der Waals surface area (Å²) in [6, 6.07) is 66.6. The van der Waals surface area contributed by atoms with Gasteiger partial charge in [-0.1, -0.05) is 115 Å². The van der Waals surface area contributed by atoms with Crippen LogP contribution in [0.4, 0.5) is 0 Å². The van der Waals surface area contributed by atoms with Crippen molar-refractivity contribution in [3.63, 3.8) is 0 Å². The number of rotatable bonds is 4. The van der Waals surface area contributed by atoms with Gasteiger partial charge in [-0.25, -0.2) is 0 Å². The fourth-order valence-electron chi connectivity index (χ4n) is 8.22. The predicted molar refractivity (Wildman–Crippen MR) is 219 cm³/mol. The number of nitrogens with zero attached hydrogens (tertiary/aromatic N) is 2. The number of fused-ring (bicyclic) bond motifs is 9. The minimum atomic E-state index is 1.16. The molecule has 0 radical (unpaired) electrons.